The zero-order valence-corrected chi connectivity index (χ0v) is 15.9. The van der Waals surface area contributed by atoms with E-state index in [4.69, 9.17) is 23.2 Å². The number of halogens is 2. The van der Waals surface area contributed by atoms with E-state index >= 15 is 0 Å². The molecule has 6 heteroatoms. The van der Waals surface area contributed by atoms with Gasteiger partial charge < -0.3 is 10.2 Å². The van der Waals surface area contributed by atoms with Gasteiger partial charge in [0.2, 0.25) is 11.8 Å². The van der Waals surface area contributed by atoms with Crippen LogP contribution in [0, 0.1) is 0 Å². The van der Waals surface area contributed by atoms with Gasteiger partial charge in [0.05, 0.1) is 15.7 Å². The van der Waals surface area contributed by atoms with Crippen LogP contribution in [0.2, 0.25) is 10.0 Å². The van der Waals surface area contributed by atoms with Crippen molar-refractivity contribution in [3.63, 3.8) is 0 Å². The Morgan fingerprint density at radius 3 is 2.08 bits per heavy atom. The second-order valence-corrected chi connectivity index (χ2v) is 6.81. The monoisotopic (exact) mass is 378 g/mol. The second-order valence-electron chi connectivity index (χ2n) is 6.00. The highest BCUT2D eigenvalue weighted by atomic mass is 35.5. The predicted molar refractivity (Wildman–Crippen MR) is 104 cm³/mol. The SMILES string of the molecule is CC(=O)N(CC(=O)Nc1c(Cl)cccc1Cl)c1ccc(C(C)C)cc1. The second kappa shape index (κ2) is 8.37. The molecular weight excluding hydrogens is 359 g/mol. The molecule has 0 saturated carbocycles. The number of hydrogen-bond acceptors (Lipinski definition) is 2. The fourth-order valence-corrected chi connectivity index (χ4v) is 2.86. The van der Waals surface area contributed by atoms with E-state index in [1.165, 1.54) is 17.4 Å². The van der Waals surface area contributed by atoms with E-state index < -0.39 is 0 Å². The average Bonchev–Trinajstić information content (AvgIpc) is 2.56. The number of carbonyl (C=O) groups excluding carboxylic acids is 2. The van der Waals surface area contributed by atoms with Crippen molar-refractivity contribution in [1.82, 2.24) is 0 Å². The van der Waals surface area contributed by atoms with Crippen molar-refractivity contribution in [3.8, 4) is 0 Å². The molecule has 0 bridgehead atoms. The smallest absolute Gasteiger partial charge is 0.244 e. The number of rotatable bonds is 5. The first-order valence-corrected chi connectivity index (χ1v) is 8.67. The molecule has 1 N–H and O–H groups in total. The maximum Gasteiger partial charge on any atom is 0.244 e. The van der Waals surface area contributed by atoms with Gasteiger partial charge in [-0.1, -0.05) is 55.2 Å². The van der Waals surface area contributed by atoms with Gasteiger partial charge in [0, 0.05) is 12.6 Å². The number of anilines is 2. The van der Waals surface area contributed by atoms with E-state index in [9.17, 15) is 9.59 Å². The van der Waals surface area contributed by atoms with Crippen LogP contribution in [0.5, 0.6) is 0 Å². The Bertz CT molecular complexity index is 753. The van der Waals surface area contributed by atoms with Crippen LogP contribution in [-0.4, -0.2) is 18.4 Å². The highest BCUT2D eigenvalue weighted by molar-refractivity contribution is 6.39. The fourth-order valence-electron chi connectivity index (χ4n) is 2.36. The maximum absolute atomic E-state index is 12.4. The molecule has 2 aromatic rings. The van der Waals surface area contributed by atoms with Crippen molar-refractivity contribution >= 4 is 46.4 Å². The number of benzene rings is 2. The number of nitrogens with one attached hydrogen (secondary N) is 1. The third-order valence-corrected chi connectivity index (χ3v) is 4.41. The molecule has 0 unspecified atom stereocenters. The standard InChI is InChI=1S/C19H20Cl2N2O2/c1-12(2)14-7-9-15(10-8-14)23(13(3)24)11-18(25)22-19-16(20)5-4-6-17(19)21/h4-10,12H,11H2,1-3H3,(H,22,25). The molecule has 0 aliphatic carbocycles. The molecule has 0 radical (unpaired) electrons. The number of hydrogen-bond donors (Lipinski definition) is 1. The molecule has 0 saturated heterocycles. The van der Waals surface area contributed by atoms with Gasteiger partial charge in [-0.25, -0.2) is 0 Å². The summed E-state index contributed by atoms with van der Waals surface area (Å²) >= 11 is 12.1. The summed E-state index contributed by atoms with van der Waals surface area (Å²) < 4.78 is 0. The molecule has 2 rings (SSSR count). The Kier molecular flexibility index (Phi) is 6.45. The largest absolute Gasteiger partial charge is 0.322 e. The maximum atomic E-state index is 12.4. The first kappa shape index (κ1) is 19.3. The average molecular weight is 379 g/mol. The lowest BCUT2D eigenvalue weighted by Gasteiger charge is -2.21. The summed E-state index contributed by atoms with van der Waals surface area (Å²) in [6, 6.07) is 12.6. The van der Waals surface area contributed by atoms with Crippen molar-refractivity contribution in [1.29, 1.82) is 0 Å². The predicted octanol–water partition coefficient (Wildman–Crippen LogP) is 5.11. The van der Waals surface area contributed by atoms with E-state index in [2.05, 4.69) is 19.2 Å². The zero-order chi connectivity index (χ0) is 18.6. The van der Waals surface area contributed by atoms with Crippen LogP contribution in [-0.2, 0) is 9.59 Å². The van der Waals surface area contributed by atoms with E-state index in [0.717, 1.165) is 0 Å². The summed E-state index contributed by atoms with van der Waals surface area (Å²) in [7, 11) is 0. The molecule has 0 aliphatic rings. The Morgan fingerprint density at radius 2 is 1.60 bits per heavy atom. The Hall–Kier alpha value is -2.04. The molecule has 0 heterocycles. The molecule has 0 aromatic heterocycles. The molecule has 0 aliphatic heterocycles. The van der Waals surface area contributed by atoms with E-state index in [-0.39, 0.29) is 18.4 Å². The lowest BCUT2D eigenvalue weighted by molar-refractivity contribution is -0.120. The lowest BCUT2D eigenvalue weighted by Crippen LogP contribution is -2.36. The third kappa shape index (κ3) is 4.97. The first-order valence-electron chi connectivity index (χ1n) is 7.91. The van der Waals surface area contributed by atoms with Gasteiger partial charge in [-0.3, -0.25) is 9.59 Å². The van der Waals surface area contributed by atoms with Crippen LogP contribution in [0.4, 0.5) is 11.4 Å². The van der Waals surface area contributed by atoms with Gasteiger partial charge >= 0.3 is 0 Å². The normalized spacial score (nSPS) is 10.6. The Labute approximate surface area is 157 Å². The summed E-state index contributed by atoms with van der Waals surface area (Å²) in [5.41, 5.74) is 2.17. The summed E-state index contributed by atoms with van der Waals surface area (Å²) in [4.78, 5) is 25.7. The van der Waals surface area contributed by atoms with Gasteiger partial charge in [0.25, 0.3) is 0 Å². The van der Waals surface area contributed by atoms with Crippen molar-refractivity contribution in [2.45, 2.75) is 26.7 Å². The quantitative estimate of drug-likeness (QED) is 0.785. The molecule has 0 spiro atoms. The topological polar surface area (TPSA) is 49.4 Å². The molecule has 4 nitrogen and oxygen atoms in total. The first-order chi connectivity index (χ1) is 11.8. The summed E-state index contributed by atoms with van der Waals surface area (Å²) in [5.74, 6) is -0.207. The van der Waals surface area contributed by atoms with E-state index in [1.54, 1.807) is 18.2 Å². The van der Waals surface area contributed by atoms with Gasteiger partial charge in [0.15, 0.2) is 0 Å². The number of nitrogens with zero attached hydrogens (tertiary/aromatic N) is 1. The molecule has 2 aromatic carbocycles. The molecule has 0 atom stereocenters. The van der Waals surface area contributed by atoms with Crippen LogP contribution < -0.4 is 10.2 Å². The summed E-state index contributed by atoms with van der Waals surface area (Å²) in [6.45, 7) is 5.49. The van der Waals surface area contributed by atoms with Crippen LogP contribution in [0.25, 0.3) is 0 Å². The molecule has 0 fully saturated rings. The van der Waals surface area contributed by atoms with Crippen molar-refractivity contribution in [2.24, 2.45) is 0 Å². The Balaban J connectivity index is 2.16. The molecule has 25 heavy (non-hydrogen) atoms. The zero-order valence-electron chi connectivity index (χ0n) is 14.3. The number of carbonyl (C=O) groups is 2. The van der Waals surface area contributed by atoms with E-state index in [1.807, 2.05) is 24.3 Å². The van der Waals surface area contributed by atoms with Crippen LogP contribution in [0.1, 0.15) is 32.3 Å². The third-order valence-electron chi connectivity index (χ3n) is 3.78. The Morgan fingerprint density at radius 1 is 1.04 bits per heavy atom. The minimum atomic E-state index is -0.377. The van der Waals surface area contributed by atoms with E-state index in [0.29, 0.717) is 27.3 Å². The molecule has 132 valence electrons. The number of para-hydroxylation sites is 1. The van der Waals surface area contributed by atoms with Crippen LogP contribution in [0.3, 0.4) is 0 Å². The lowest BCUT2D eigenvalue weighted by atomic mass is 10.0. The van der Waals surface area contributed by atoms with Gasteiger partial charge in [0.1, 0.15) is 6.54 Å². The minimum absolute atomic E-state index is 0.127. The van der Waals surface area contributed by atoms with Crippen LogP contribution in [0.15, 0.2) is 42.5 Å². The summed E-state index contributed by atoms with van der Waals surface area (Å²) in [5, 5.41) is 3.35. The van der Waals surface area contributed by atoms with Crippen molar-refractivity contribution in [3.05, 3.63) is 58.1 Å². The highest BCUT2D eigenvalue weighted by Crippen LogP contribution is 2.30. The highest BCUT2D eigenvalue weighted by Gasteiger charge is 2.17. The molecule has 2 amide bonds. The van der Waals surface area contributed by atoms with Crippen LogP contribution >= 0.6 is 23.2 Å². The van der Waals surface area contributed by atoms with Crippen molar-refractivity contribution in [2.75, 3.05) is 16.8 Å². The van der Waals surface area contributed by atoms with Gasteiger partial charge in [-0.2, -0.15) is 0 Å². The summed E-state index contributed by atoms with van der Waals surface area (Å²) in [6.07, 6.45) is 0. The van der Waals surface area contributed by atoms with Crippen molar-refractivity contribution < 1.29 is 9.59 Å². The fraction of sp³-hybridized carbons (Fsp3) is 0.263. The van der Waals surface area contributed by atoms with Gasteiger partial charge in [-0.15, -0.1) is 0 Å². The molecular formula is C19H20Cl2N2O2. The van der Waals surface area contributed by atoms with Gasteiger partial charge in [-0.05, 0) is 35.7 Å². The number of amides is 2. The minimum Gasteiger partial charge on any atom is -0.322 e.